The normalized spacial score (nSPS) is 22.4. The van der Waals surface area contributed by atoms with E-state index in [1.54, 1.807) is 21.5 Å². The van der Waals surface area contributed by atoms with Crippen LogP contribution in [0.1, 0.15) is 49.2 Å². The Morgan fingerprint density at radius 1 is 1.30 bits per heavy atom. The Morgan fingerprint density at radius 2 is 2.00 bits per heavy atom. The first-order chi connectivity index (χ1) is 12.9. The number of nitrogens with zero attached hydrogens (tertiary/aromatic N) is 4. The molecule has 7 nitrogen and oxygen atoms in total. The molecule has 0 aromatic carbocycles. The highest BCUT2D eigenvalue weighted by Gasteiger charge is 2.58. The van der Waals surface area contributed by atoms with Gasteiger partial charge < -0.3 is 9.80 Å². The number of hydrogen-bond acceptors (Lipinski definition) is 5. The summed E-state index contributed by atoms with van der Waals surface area (Å²) in [6.45, 7) is 6.24. The van der Waals surface area contributed by atoms with Crippen LogP contribution in [0.5, 0.6) is 0 Å². The molecular weight excluding hydrogens is 364 g/mol. The van der Waals surface area contributed by atoms with E-state index < -0.39 is 5.54 Å². The van der Waals surface area contributed by atoms with Crippen molar-refractivity contribution in [2.75, 3.05) is 26.2 Å². The van der Waals surface area contributed by atoms with E-state index >= 15 is 0 Å². The zero-order valence-electron chi connectivity index (χ0n) is 15.9. The average molecular weight is 391 g/mol. The average Bonchev–Trinajstić information content (AvgIpc) is 3.27. The molecule has 0 N–H and O–H groups in total. The third-order valence-electron chi connectivity index (χ3n) is 5.83. The molecule has 3 aliphatic rings. The number of hydrogen-bond donors (Lipinski definition) is 0. The Morgan fingerprint density at radius 3 is 2.56 bits per heavy atom. The molecule has 4 amide bonds. The van der Waals surface area contributed by atoms with E-state index in [0.29, 0.717) is 49.8 Å². The summed E-state index contributed by atoms with van der Waals surface area (Å²) in [5, 5.41) is 0. The summed E-state index contributed by atoms with van der Waals surface area (Å²) < 4.78 is 0. The van der Waals surface area contributed by atoms with Crippen LogP contribution in [0, 0.1) is 11.8 Å². The molecule has 146 valence electrons. The molecule has 27 heavy (non-hydrogen) atoms. The number of aromatic nitrogens is 1. The fraction of sp³-hybridized carbons (Fsp3) is 0.684. The fourth-order valence-electron chi connectivity index (χ4n) is 4.16. The molecule has 1 saturated carbocycles. The highest BCUT2D eigenvalue weighted by atomic mass is 32.1. The van der Waals surface area contributed by atoms with Crippen LogP contribution >= 0.6 is 11.3 Å². The highest BCUT2D eigenvalue weighted by molar-refractivity contribution is 7.11. The van der Waals surface area contributed by atoms with Gasteiger partial charge >= 0.3 is 6.03 Å². The largest absolute Gasteiger partial charge is 0.338 e. The maximum atomic E-state index is 13.3. The molecule has 0 unspecified atom stereocenters. The SMILES string of the molecule is CC(C)CN1C(=O)N(CC2CC2)C(=O)C12CCN(C(=O)c1cncs1)CC2. The van der Waals surface area contributed by atoms with E-state index in [9.17, 15) is 14.4 Å². The zero-order valence-corrected chi connectivity index (χ0v) is 16.7. The summed E-state index contributed by atoms with van der Waals surface area (Å²) in [6, 6.07) is -0.136. The smallest absolute Gasteiger partial charge is 0.327 e. The lowest BCUT2D eigenvalue weighted by Crippen LogP contribution is -2.58. The Bertz CT molecular complexity index is 736. The van der Waals surface area contributed by atoms with Gasteiger partial charge in [-0.3, -0.25) is 19.5 Å². The molecule has 0 atom stereocenters. The highest BCUT2D eigenvalue weighted by Crippen LogP contribution is 2.40. The standard InChI is InChI=1S/C19H26N4O3S/c1-13(2)10-23-18(26)22(11-14-3-4-14)17(25)19(23)5-7-21(8-6-19)16(24)15-9-20-12-27-15/h9,12-14H,3-8,10-11H2,1-2H3. The second-order valence-electron chi connectivity index (χ2n) is 8.34. The van der Waals surface area contributed by atoms with Gasteiger partial charge in [0.15, 0.2) is 0 Å². The minimum atomic E-state index is -0.777. The summed E-state index contributed by atoms with van der Waals surface area (Å²) in [5.41, 5.74) is 0.874. The minimum absolute atomic E-state index is 0.0330. The van der Waals surface area contributed by atoms with Crippen LogP contribution < -0.4 is 0 Å². The molecular formula is C19H26N4O3S. The van der Waals surface area contributed by atoms with Gasteiger partial charge in [0.2, 0.25) is 0 Å². The van der Waals surface area contributed by atoms with Gasteiger partial charge in [-0.1, -0.05) is 13.8 Å². The van der Waals surface area contributed by atoms with Crippen LogP contribution in [-0.4, -0.2) is 69.2 Å². The second kappa shape index (κ2) is 6.89. The first-order valence-corrected chi connectivity index (χ1v) is 10.6. The lowest BCUT2D eigenvalue weighted by atomic mass is 9.85. The monoisotopic (exact) mass is 390 g/mol. The first-order valence-electron chi connectivity index (χ1n) is 9.74. The molecule has 2 saturated heterocycles. The quantitative estimate of drug-likeness (QED) is 0.724. The lowest BCUT2D eigenvalue weighted by Gasteiger charge is -2.42. The maximum Gasteiger partial charge on any atom is 0.327 e. The third-order valence-corrected chi connectivity index (χ3v) is 6.59. The second-order valence-corrected chi connectivity index (χ2v) is 9.22. The van der Waals surface area contributed by atoms with Gasteiger partial charge in [0.25, 0.3) is 11.8 Å². The van der Waals surface area contributed by atoms with Gasteiger partial charge in [-0.2, -0.15) is 0 Å². The van der Waals surface area contributed by atoms with Crippen molar-refractivity contribution < 1.29 is 14.4 Å². The molecule has 0 bridgehead atoms. The fourth-order valence-corrected chi connectivity index (χ4v) is 4.75. The third kappa shape index (κ3) is 3.24. The Labute approximate surface area is 163 Å². The molecule has 0 radical (unpaired) electrons. The summed E-state index contributed by atoms with van der Waals surface area (Å²) in [7, 11) is 0. The zero-order chi connectivity index (χ0) is 19.2. The van der Waals surface area contributed by atoms with Crippen LogP contribution in [-0.2, 0) is 4.79 Å². The molecule has 1 aliphatic carbocycles. The van der Waals surface area contributed by atoms with Gasteiger partial charge in [-0.25, -0.2) is 4.79 Å². The van der Waals surface area contributed by atoms with Crippen LogP contribution in [0.25, 0.3) is 0 Å². The topological polar surface area (TPSA) is 73.8 Å². The van der Waals surface area contributed by atoms with Crippen molar-refractivity contribution in [1.29, 1.82) is 0 Å². The number of carbonyl (C=O) groups is 3. The number of rotatable bonds is 5. The van der Waals surface area contributed by atoms with E-state index in [2.05, 4.69) is 18.8 Å². The number of thiazole rings is 1. The van der Waals surface area contributed by atoms with E-state index in [0.717, 1.165) is 12.8 Å². The van der Waals surface area contributed by atoms with Crippen molar-refractivity contribution in [2.24, 2.45) is 11.8 Å². The van der Waals surface area contributed by atoms with E-state index in [-0.39, 0.29) is 23.8 Å². The molecule has 1 aromatic rings. The number of imide groups is 1. The molecule has 3 fully saturated rings. The van der Waals surface area contributed by atoms with Crippen molar-refractivity contribution in [3.8, 4) is 0 Å². The van der Waals surface area contributed by atoms with Crippen molar-refractivity contribution in [2.45, 2.75) is 45.1 Å². The van der Waals surface area contributed by atoms with Crippen LogP contribution in [0.15, 0.2) is 11.7 Å². The Kier molecular flexibility index (Phi) is 4.70. The summed E-state index contributed by atoms with van der Waals surface area (Å²) in [6.07, 6.45) is 4.81. The predicted molar refractivity (Wildman–Crippen MR) is 101 cm³/mol. The number of likely N-dealkylation sites (tertiary alicyclic amines) is 1. The van der Waals surface area contributed by atoms with Crippen molar-refractivity contribution in [3.63, 3.8) is 0 Å². The summed E-state index contributed by atoms with van der Waals surface area (Å²) >= 11 is 1.33. The number of amides is 4. The molecule has 2 aliphatic heterocycles. The number of piperidine rings is 1. The molecule has 1 spiro atoms. The van der Waals surface area contributed by atoms with Gasteiger partial charge in [0.1, 0.15) is 10.4 Å². The molecule has 4 rings (SSSR count). The Hall–Kier alpha value is -1.96. The molecule has 1 aromatic heterocycles. The van der Waals surface area contributed by atoms with Gasteiger partial charge in [0, 0.05) is 26.2 Å². The van der Waals surface area contributed by atoms with E-state index in [4.69, 9.17) is 0 Å². The minimum Gasteiger partial charge on any atom is -0.338 e. The number of urea groups is 1. The number of carbonyl (C=O) groups excluding carboxylic acids is 3. The van der Waals surface area contributed by atoms with Gasteiger partial charge in [-0.05, 0) is 37.5 Å². The van der Waals surface area contributed by atoms with Crippen LogP contribution in [0.3, 0.4) is 0 Å². The van der Waals surface area contributed by atoms with E-state index in [1.165, 1.54) is 16.2 Å². The maximum absolute atomic E-state index is 13.3. The van der Waals surface area contributed by atoms with Crippen LogP contribution in [0.2, 0.25) is 0 Å². The van der Waals surface area contributed by atoms with Crippen molar-refractivity contribution in [1.82, 2.24) is 19.7 Å². The van der Waals surface area contributed by atoms with Crippen molar-refractivity contribution >= 4 is 29.2 Å². The molecule has 8 heteroatoms. The van der Waals surface area contributed by atoms with Crippen LogP contribution in [0.4, 0.5) is 4.79 Å². The molecule has 3 heterocycles. The lowest BCUT2D eigenvalue weighted by molar-refractivity contribution is -0.135. The Balaban J connectivity index is 1.53. The predicted octanol–water partition coefficient (Wildman–Crippen LogP) is 2.45. The van der Waals surface area contributed by atoms with Gasteiger partial charge in [-0.15, -0.1) is 11.3 Å². The first kappa shape index (κ1) is 18.4. The van der Waals surface area contributed by atoms with Gasteiger partial charge in [0.05, 0.1) is 11.7 Å². The summed E-state index contributed by atoms with van der Waals surface area (Å²) in [4.78, 5) is 48.6. The summed E-state index contributed by atoms with van der Waals surface area (Å²) in [5.74, 6) is 0.678. The van der Waals surface area contributed by atoms with Crippen molar-refractivity contribution in [3.05, 3.63) is 16.6 Å². The van der Waals surface area contributed by atoms with E-state index in [1.807, 2.05) is 0 Å².